The van der Waals surface area contributed by atoms with Crippen LogP contribution in [0.3, 0.4) is 0 Å². The van der Waals surface area contributed by atoms with E-state index in [1.807, 2.05) is 38.1 Å². The molecule has 1 unspecified atom stereocenters. The lowest BCUT2D eigenvalue weighted by atomic mass is 10.1. The van der Waals surface area contributed by atoms with Crippen LogP contribution < -0.4 is 11.1 Å². The van der Waals surface area contributed by atoms with E-state index < -0.39 is 5.56 Å². The first-order chi connectivity index (χ1) is 16.9. The van der Waals surface area contributed by atoms with Gasteiger partial charge in [-0.3, -0.25) is 24.4 Å². The summed E-state index contributed by atoms with van der Waals surface area (Å²) in [4.78, 5) is 46.3. The van der Waals surface area contributed by atoms with Crippen molar-refractivity contribution in [3.8, 4) is 11.4 Å². The number of hydrogen-bond donors (Lipinski definition) is 1. The first-order valence-electron chi connectivity index (χ1n) is 11.5. The van der Waals surface area contributed by atoms with Crippen LogP contribution >= 0.6 is 0 Å². The Kier molecular flexibility index (Phi) is 6.04. The number of aryl methyl sites for hydroxylation is 1. The van der Waals surface area contributed by atoms with Gasteiger partial charge in [-0.1, -0.05) is 47.1 Å². The van der Waals surface area contributed by atoms with Gasteiger partial charge in [-0.15, -0.1) is 0 Å². The van der Waals surface area contributed by atoms with Gasteiger partial charge in [0.25, 0.3) is 11.1 Å². The van der Waals surface area contributed by atoms with Gasteiger partial charge in [0.2, 0.25) is 17.6 Å². The van der Waals surface area contributed by atoms with Crippen molar-refractivity contribution in [2.75, 3.05) is 26.2 Å². The molecule has 0 spiro atoms. The van der Waals surface area contributed by atoms with Crippen molar-refractivity contribution in [2.24, 2.45) is 0 Å². The van der Waals surface area contributed by atoms with Gasteiger partial charge in [0, 0.05) is 31.7 Å². The molecule has 2 aromatic heterocycles. The molecule has 1 saturated heterocycles. The minimum atomic E-state index is -0.392. The number of carbonyl (C=O) groups is 1. The molecule has 2 aromatic carbocycles. The molecule has 0 radical (unpaired) electrons. The van der Waals surface area contributed by atoms with Crippen LogP contribution in [0.15, 0.2) is 62.6 Å². The van der Waals surface area contributed by atoms with Crippen molar-refractivity contribution in [1.29, 1.82) is 0 Å². The SMILES string of the molecule is Cc1ccc(-c2noc(C(C)N3CCN(C(=O)Cn4[nH]c(=O)c5ccccc5c4=O)CC3)n2)cc1. The fourth-order valence-electron chi connectivity index (χ4n) is 4.33. The maximum atomic E-state index is 12.9. The molecule has 35 heavy (non-hydrogen) atoms. The summed E-state index contributed by atoms with van der Waals surface area (Å²) in [5.41, 5.74) is 1.28. The summed E-state index contributed by atoms with van der Waals surface area (Å²) in [6.07, 6.45) is 0. The topological polar surface area (TPSA) is 117 Å². The second-order valence-corrected chi connectivity index (χ2v) is 8.79. The third-order valence-corrected chi connectivity index (χ3v) is 6.50. The summed E-state index contributed by atoms with van der Waals surface area (Å²) in [5.74, 6) is 0.862. The van der Waals surface area contributed by atoms with Crippen LogP contribution in [0.4, 0.5) is 0 Å². The van der Waals surface area contributed by atoms with E-state index in [1.165, 1.54) is 0 Å². The fraction of sp³-hybridized carbons (Fsp3) is 0.320. The van der Waals surface area contributed by atoms with E-state index in [2.05, 4.69) is 20.1 Å². The molecule has 10 nitrogen and oxygen atoms in total. The Bertz CT molecular complexity index is 1480. The molecule has 3 heterocycles. The number of amides is 1. The third kappa shape index (κ3) is 4.52. The van der Waals surface area contributed by atoms with Crippen molar-refractivity contribution in [2.45, 2.75) is 26.4 Å². The Morgan fingerprint density at radius 2 is 1.71 bits per heavy atom. The highest BCUT2D eigenvalue weighted by Crippen LogP contribution is 2.23. The molecule has 1 aliphatic rings. The second-order valence-electron chi connectivity index (χ2n) is 8.79. The van der Waals surface area contributed by atoms with Crippen LogP contribution in [-0.2, 0) is 11.3 Å². The largest absolute Gasteiger partial charge is 0.339 e. The molecule has 0 saturated carbocycles. The zero-order valence-electron chi connectivity index (χ0n) is 19.6. The highest BCUT2D eigenvalue weighted by molar-refractivity contribution is 5.81. The molecule has 1 atom stereocenters. The molecule has 1 aliphatic heterocycles. The quantitative estimate of drug-likeness (QED) is 0.470. The monoisotopic (exact) mass is 474 g/mol. The molecular weight excluding hydrogens is 448 g/mol. The fourth-order valence-corrected chi connectivity index (χ4v) is 4.33. The lowest BCUT2D eigenvalue weighted by Crippen LogP contribution is -2.50. The van der Waals surface area contributed by atoms with Gasteiger partial charge in [-0.25, -0.2) is 4.68 Å². The summed E-state index contributed by atoms with van der Waals surface area (Å²) in [7, 11) is 0. The number of aromatic nitrogens is 4. The van der Waals surface area contributed by atoms with Crippen LogP contribution in [0.25, 0.3) is 22.2 Å². The highest BCUT2D eigenvalue weighted by Gasteiger charge is 2.28. The smallest absolute Gasteiger partial charge is 0.273 e. The van der Waals surface area contributed by atoms with Gasteiger partial charge in [0.15, 0.2) is 0 Å². The van der Waals surface area contributed by atoms with Crippen LogP contribution in [-0.4, -0.2) is 61.8 Å². The van der Waals surface area contributed by atoms with Crippen molar-refractivity contribution < 1.29 is 9.32 Å². The van der Waals surface area contributed by atoms with Gasteiger partial charge in [0.1, 0.15) is 6.54 Å². The number of fused-ring (bicyclic) bond motifs is 1. The number of H-pyrrole nitrogens is 1. The first-order valence-corrected chi connectivity index (χ1v) is 11.5. The Balaban J connectivity index is 1.22. The van der Waals surface area contributed by atoms with Crippen molar-refractivity contribution in [3.63, 3.8) is 0 Å². The average molecular weight is 475 g/mol. The molecule has 1 N–H and O–H groups in total. The number of benzene rings is 2. The Morgan fingerprint density at radius 1 is 1.03 bits per heavy atom. The summed E-state index contributed by atoms with van der Waals surface area (Å²) in [5, 5.41) is 7.25. The first kappa shape index (κ1) is 22.7. The molecule has 10 heteroatoms. The third-order valence-electron chi connectivity index (χ3n) is 6.50. The Morgan fingerprint density at radius 3 is 2.43 bits per heavy atom. The van der Waals surface area contributed by atoms with Crippen molar-refractivity contribution in [3.05, 3.63) is 80.7 Å². The zero-order chi connectivity index (χ0) is 24.5. The van der Waals surface area contributed by atoms with Gasteiger partial charge < -0.3 is 9.42 Å². The van der Waals surface area contributed by atoms with Gasteiger partial charge in [0.05, 0.1) is 16.8 Å². The molecule has 180 valence electrons. The van der Waals surface area contributed by atoms with E-state index in [9.17, 15) is 14.4 Å². The van der Waals surface area contributed by atoms with E-state index >= 15 is 0 Å². The summed E-state index contributed by atoms with van der Waals surface area (Å²) < 4.78 is 6.61. The predicted molar refractivity (Wildman–Crippen MR) is 130 cm³/mol. The number of nitrogens with zero attached hydrogens (tertiary/aromatic N) is 5. The predicted octanol–water partition coefficient (Wildman–Crippen LogP) is 1.95. The number of rotatable bonds is 5. The maximum absolute atomic E-state index is 12.9. The van der Waals surface area contributed by atoms with E-state index in [4.69, 9.17) is 4.52 Å². The number of hydrogen-bond acceptors (Lipinski definition) is 7. The molecule has 0 aliphatic carbocycles. The van der Waals surface area contributed by atoms with Crippen LogP contribution in [0.2, 0.25) is 0 Å². The minimum absolute atomic E-state index is 0.0987. The van der Waals surface area contributed by atoms with E-state index in [0.29, 0.717) is 48.7 Å². The average Bonchev–Trinajstić information content (AvgIpc) is 3.37. The van der Waals surface area contributed by atoms with Crippen molar-refractivity contribution in [1.82, 2.24) is 29.7 Å². The molecule has 1 fully saturated rings. The highest BCUT2D eigenvalue weighted by atomic mass is 16.5. The second kappa shape index (κ2) is 9.30. The standard InChI is InChI=1S/C25H26N6O4/c1-16-7-9-18(10-8-16)22-26-24(35-28-22)17(2)29-11-13-30(14-12-29)21(32)15-31-25(34)20-6-4-3-5-19(20)23(33)27-31/h3-10,17H,11-15H2,1-2H3,(H,27,33). The van der Waals surface area contributed by atoms with E-state index in [1.54, 1.807) is 29.2 Å². The maximum Gasteiger partial charge on any atom is 0.273 e. The Labute approximate surface area is 200 Å². The van der Waals surface area contributed by atoms with E-state index in [0.717, 1.165) is 15.8 Å². The lowest BCUT2D eigenvalue weighted by molar-refractivity contribution is -0.134. The zero-order valence-corrected chi connectivity index (χ0v) is 19.6. The number of piperazine rings is 1. The Hall–Kier alpha value is -4.05. The van der Waals surface area contributed by atoms with E-state index in [-0.39, 0.29) is 24.1 Å². The van der Waals surface area contributed by atoms with Crippen LogP contribution in [0.1, 0.15) is 24.4 Å². The summed E-state index contributed by atoms with van der Waals surface area (Å²) in [6.45, 7) is 6.05. The summed E-state index contributed by atoms with van der Waals surface area (Å²) >= 11 is 0. The number of nitrogens with one attached hydrogen (secondary N) is 1. The molecule has 0 bridgehead atoms. The molecule has 4 aromatic rings. The number of aromatic amines is 1. The molecule has 5 rings (SSSR count). The molecule has 1 amide bonds. The molecular formula is C25H26N6O4. The lowest BCUT2D eigenvalue weighted by Gasteiger charge is -2.36. The number of carbonyl (C=O) groups excluding carboxylic acids is 1. The van der Waals surface area contributed by atoms with Crippen molar-refractivity contribution >= 4 is 16.7 Å². The van der Waals surface area contributed by atoms with Gasteiger partial charge in [-0.05, 0) is 26.0 Å². The van der Waals surface area contributed by atoms with Crippen LogP contribution in [0, 0.1) is 6.92 Å². The minimum Gasteiger partial charge on any atom is -0.339 e. The summed E-state index contributed by atoms with van der Waals surface area (Å²) in [6, 6.07) is 14.4. The van der Waals surface area contributed by atoms with Gasteiger partial charge >= 0.3 is 0 Å². The van der Waals surface area contributed by atoms with Crippen LogP contribution in [0.5, 0.6) is 0 Å². The van der Waals surface area contributed by atoms with Gasteiger partial charge in [-0.2, -0.15) is 4.98 Å². The normalized spacial score (nSPS) is 15.4.